The van der Waals surface area contributed by atoms with Gasteiger partial charge in [0.2, 0.25) is 0 Å². The third-order valence-corrected chi connectivity index (χ3v) is 3.75. The van der Waals surface area contributed by atoms with E-state index in [1.54, 1.807) is 0 Å². The summed E-state index contributed by atoms with van der Waals surface area (Å²) in [4.78, 5) is 0. The summed E-state index contributed by atoms with van der Waals surface area (Å²) >= 11 is 3.44. The lowest BCUT2D eigenvalue weighted by atomic mass is 9.91. The van der Waals surface area contributed by atoms with Crippen LogP contribution in [0, 0.1) is 0 Å². The van der Waals surface area contributed by atoms with Crippen molar-refractivity contribution in [3.63, 3.8) is 0 Å². The lowest BCUT2D eigenvalue weighted by molar-refractivity contribution is 0.338. The molecule has 2 rings (SSSR count). The van der Waals surface area contributed by atoms with E-state index >= 15 is 0 Å². The lowest BCUT2D eigenvalue weighted by Crippen LogP contribution is -2.39. The maximum atomic E-state index is 5.97. The number of hydrogen-bond acceptors (Lipinski definition) is 2. The third-order valence-electron chi connectivity index (χ3n) is 3.22. The molecule has 1 saturated carbocycles. The summed E-state index contributed by atoms with van der Waals surface area (Å²) in [6, 6.07) is 9.48. The van der Waals surface area contributed by atoms with Crippen LogP contribution in [-0.4, -0.2) is 12.1 Å². The molecule has 2 unspecified atom stereocenters. The Kier molecular flexibility index (Phi) is 4.38. The molecule has 2 atom stereocenters. The van der Waals surface area contributed by atoms with E-state index < -0.39 is 0 Å². The van der Waals surface area contributed by atoms with E-state index in [4.69, 9.17) is 5.73 Å². The SMILES string of the molecule is NC1CCCC(NCc2ccc(Br)cc2)C1. The average Bonchev–Trinajstić information content (AvgIpc) is 2.28. The van der Waals surface area contributed by atoms with Crippen molar-refractivity contribution in [2.75, 3.05) is 0 Å². The first-order chi connectivity index (χ1) is 7.74. The van der Waals surface area contributed by atoms with E-state index in [1.807, 2.05) is 0 Å². The molecule has 1 fully saturated rings. The van der Waals surface area contributed by atoms with Crippen LogP contribution in [0.2, 0.25) is 0 Å². The first-order valence-electron chi connectivity index (χ1n) is 5.97. The van der Waals surface area contributed by atoms with Crippen molar-refractivity contribution in [1.29, 1.82) is 0 Å². The second kappa shape index (κ2) is 5.80. The topological polar surface area (TPSA) is 38.0 Å². The van der Waals surface area contributed by atoms with Gasteiger partial charge in [-0.1, -0.05) is 34.5 Å². The first kappa shape index (κ1) is 12.1. The minimum atomic E-state index is 0.399. The van der Waals surface area contributed by atoms with Crippen molar-refractivity contribution in [2.24, 2.45) is 5.73 Å². The largest absolute Gasteiger partial charge is 0.328 e. The molecule has 0 aliphatic heterocycles. The zero-order valence-corrected chi connectivity index (χ0v) is 11.0. The Labute approximate surface area is 106 Å². The molecule has 3 heteroatoms. The fraction of sp³-hybridized carbons (Fsp3) is 0.538. The molecule has 3 N–H and O–H groups in total. The summed E-state index contributed by atoms with van der Waals surface area (Å²) in [5.74, 6) is 0. The fourth-order valence-electron chi connectivity index (χ4n) is 2.28. The smallest absolute Gasteiger partial charge is 0.0208 e. The van der Waals surface area contributed by atoms with Gasteiger partial charge in [0.05, 0.1) is 0 Å². The maximum absolute atomic E-state index is 5.97. The summed E-state index contributed by atoms with van der Waals surface area (Å²) in [5, 5.41) is 3.59. The molecular formula is C13H19BrN2. The molecule has 0 bridgehead atoms. The molecule has 16 heavy (non-hydrogen) atoms. The molecule has 0 heterocycles. The summed E-state index contributed by atoms with van der Waals surface area (Å²) in [5.41, 5.74) is 7.30. The van der Waals surface area contributed by atoms with Crippen molar-refractivity contribution in [1.82, 2.24) is 5.32 Å². The number of halogens is 1. The van der Waals surface area contributed by atoms with E-state index in [-0.39, 0.29) is 0 Å². The van der Waals surface area contributed by atoms with Crippen molar-refractivity contribution >= 4 is 15.9 Å². The number of nitrogens with one attached hydrogen (secondary N) is 1. The predicted molar refractivity (Wildman–Crippen MR) is 71.2 cm³/mol. The second-order valence-corrected chi connectivity index (χ2v) is 5.55. The number of rotatable bonds is 3. The van der Waals surface area contributed by atoms with Gasteiger partial charge in [-0.3, -0.25) is 0 Å². The van der Waals surface area contributed by atoms with Gasteiger partial charge in [-0.05, 0) is 37.0 Å². The summed E-state index contributed by atoms with van der Waals surface area (Å²) < 4.78 is 1.14. The molecule has 0 saturated heterocycles. The van der Waals surface area contributed by atoms with Gasteiger partial charge in [-0.2, -0.15) is 0 Å². The Hall–Kier alpha value is -0.380. The Morgan fingerprint density at radius 3 is 2.69 bits per heavy atom. The molecule has 0 spiro atoms. The molecule has 1 aromatic carbocycles. The van der Waals surface area contributed by atoms with Gasteiger partial charge in [0.25, 0.3) is 0 Å². The van der Waals surface area contributed by atoms with E-state index in [1.165, 1.54) is 24.8 Å². The van der Waals surface area contributed by atoms with Crippen LogP contribution in [-0.2, 0) is 6.54 Å². The van der Waals surface area contributed by atoms with E-state index in [2.05, 4.69) is 45.5 Å². The number of benzene rings is 1. The van der Waals surface area contributed by atoms with Crippen LogP contribution >= 0.6 is 15.9 Å². The minimum Gasteiger partial charge on any atom is -0.328 e. The Morgan fingerprint density at radius 2 is 2.00 bits per heavy atom. The van der Waals surface area contributed by atoms with Crippen LogP contribution in [0.1, 0.15) is 31.2 Å². The Balaban J connectivity index is 1.80. The summed E-state index contributed by atoms with van der Waals surface area (Å²) in [6.07, 6.45) is 4.84. The normalized spacial score (nSPS) is 25.6. The minimum absolute atomic E-state index is 0.399. The highest BCUT2D eigenvalue weighted by atomic mass is 79.9. The number of hydrogen-bond donors (Lipinski definition) is 2. The fourth-order valence-corrected chi connectivity index (χ4v) is 2.54. The maximum Gasteiger partial charge on any atom is 0.0208 e. The van der Waals surface area contributed by atoms with Gasteiger partial charge in [0.15, 0.2) is 0 Å². The van der Waals surface area contributed by atoms with Crippen LogP contribution in [0.3, 0.4) is 0 Å². The quantitative estimate of drug-likeness (QED) is 0.895. The first-order valence-corrected chi connectivity index (χ1v) is 6.77. The van der Waals surface area contributed by atoms with Crippen molar-refractivity contribution < 1.29 is 0 Å². The van der Waals surface area contributed by atoms with Crippen molar-refractivity contribution in [2.45, 2.75) is 44.3 Å². The lowest BCUT2D eigenvalue weighted by Gasteiger charge is -2.27. The van der Waals surface area contributed by atoms with E-state index in [0.29, 0.717) is 12.1 Å². The Morgan fingerprint density at radius 1 is 1.25 bits per heavy atom. The molecule has 0 amide bonds. The molecule has 1 aliphatic carbocycles. The van der Waals surface area contributed by atoms with Crippen LogP contribution in [0.5, 0.6) is 0 Å². The monoisotopic (exact) mass is 282 g/mol. The standard InChI is InChI=1S/C13H19BrN2/c14-11-6-4-10(5-7-11)9-16-13-3-1-2-12(15)8-13/h4-7,12-13,16H,1-3,8-9,15H2. The van der Waals surface area contributed by atoms with Crippen LogP contribution in [0.25, 0.3) is 0 Å². The van der Waals surface area contributed by atoms with Gasteiger partial charge in [-0.15, -0.1) is 0 Å². The zero-order chi connectivity index (χ0) is 11.4. The van der Waals surface area contributed by atoms with Gasteiger partial charge in [0, 0.05) is 23.1 Å². The second-order valence-electron chi connectivity index (χ2n) is 4.63. The molecule has 1 aliphatic rings. The number of nitrogens with two attached hydrogens (primary N) is 1. The molecule has 88 valence electrons. The molecule has 0 aromatic heterocycles. The van der Waals surface area contributed by atoms with Gasteiger partial charge in [0.1, 0.15) is 0 Å². The highest BCUT2D eigenvalue weighted by Crippen LogP contribution is 2.17. The van der Waals surface area contributed by atoms with Gasteiger partial charge < -0.3 is 11.1 Å². The Bertz CT molecular complexity index is 323. The van der Waals surface area contributed by atoms with Crippen molar-refractivity contribution in [3.05, 3.63) is 34.3 Å². The van der Waals surface area contributed by atoms with Crippen molar-refractivity contribution in [3.8, 4) is 0 Å². The van der Waals surface area contributed by atoms with Crippen LogP contribution in [0.4, 0.5) is 0 Å². The van der Waals surface area contributed by atoms with Crippen LogP contribution in [0.15, 0.2) is 28.7 Å². The predicted octanol–water partition coefficient (Wildman–Crippen LogP) is 2.81. The summed E-state index contributed by atoms with van der Waals surface area (Å²) in [6.45, 7) is 0.949. The van der Waals surface area contributed by atoms with Crippen LogP contribution < -0.4 is 11.1 Å². The molecule has 1 aromatic rings. The van der Waals surface area contributed by atoms with Gasteiger partial charge >= 0.3 is 0 Å². The molecule has 2 nitrogen and oxygen atoms in total. The molecular weight excluding hydrogens is 264 g/mol. The highest BCUT2D eigenvalue weighted by Gasteiger charge is 2.18. The average molecular weight is 283 g/mol. The molecule has 0 radical (unpaired) electrons. The van der Waals surface area contributed by atoms with E-state index in [0.717, 1.165) is 17.4 Å². The summed E-state index contributed by atoms with van der Waals surface area (Å²) in [7, 11) is 0. The zero-order valence-electron chi connectivity index (χ0n) is 9.45. The third kappa shape index (κ3) is 3.58. The van der Waals surface area contributed by atoms with E-state index in [9.17, 15) is 0 Å². The van der Waals surface area contributed by atoms with Gasteiger partial charge in [-0.25, -0.2) is 0 Å². The highest BCUT2D eigenvalue weighted by molar-refractivity contribution is 9.10.